The highest BCUT2D eigenvalue weighted by molar-refractivity contribution is 5.82. The summed E-state index contributed by atoms with van der Waals surface area (Å²) < 4.78 is 0. The third kappa shape index (κ3) is 4.91. The predicted molar refractivity (Wildman–Crippen MR) is 122 cm³/mol. The van der Waals surface area contributed by atoms with Crippen molar-refractivity contribution in [1.29, 1.82) is 0 Å². The van der Waals surface area contributed by atoms with E-state index in [2.05, 4.69) is 49.8 Å². The van der Waals surface area contributed by atoms with Crippen LogP contribution in [0.5, 0.6) is 0 Å². The molecular formula is C24H33N5O. The number of hydrogen-bond donors (Lipinski definition) is 2. The number of aliphatic imine (C=N–C) groups is 1. The predicted octanol–water partition coefficient (Wildman–Crippen LogP) is 3.12. The van der Waals surface area contributed by atoms with Crippen molar-refractivity contribution < 1.29 is 4.79 Å². The van der Waals surface area contributed by atoms with Gasteiger partial charge in [0, 0.05) is 50.2 Å². The number of nitrogens with zero attached hydrogens (tertiary/aromatic N) is 3. The molecule has 1 unspecified atom stereocenters. The number of rotatable bonds is 5. The Labute approximate surface area is 179 Å². The molecule has 30 heavy (non-hydrogen) atoms. The molecule has 1 aromatic heterocycles. The molecule has 1 atom stereocenters. The number of nitrogens with one attached hydrogen (secondary N) is 2. The van der Waals surface area contributed by atoms with Gasteiger partial charge in [-0.25, -0.2) is 0 Å². The van der Waals surface area contributed by atoms with Gasteiger partial charge in [0.15, 0.2) is 5.96 Å². The summed E-state index contributed by atoms with van der Waals surface area (Å²) in [5.74, 6) is 1.43. The number of hydrogen-bond acceptors (Lipinski definition) is 3. The van der Waals surface area contributed by atoms with Crippen LogP contribution in [0.2, 0.25) is 0 Å². The van der Waals surface area contributed by atoms with Gasteiger partial charge in [0.25, 0.3) is 0 Å². The molecule has 1 aromatic carbocycles. The summed E-state index contributed by atoms with van der Waals surface area (Å²) in [6, 6.07) is 10.7. The zero-order valence-electron chi connectivity index (χ0n) is 17.9. The fraction of sp³-hybridized carbons (Fsp3) is 0.542. The van der Waals surface area contributed by atoms with E-state index in [-0.39, 0.29) is 12.0 Å². The van der Waals surface area contributed by atoms with Crippen LogP contribution in [-0.2, 0) is 11.2 Å². The first-order chi connectivity index (χ1) is 14.7. The van der Waals surface area contributed by atoms with E-state index in [0.717, 1.165) is 56.8 Å². The van der Waals surface area contributed by atoms with E-state index in [9.17, 15) is 4.79 Å². The van der Waals surface area contributed by atoms with Gasteiger partial charge >= 0.3 is 0 Å². The number of para-hydroxylation sites is 1. The number of aromatic nitrogens is 1. The number of fused-ring (bicyclic) bond motifs is 1. The fourth-order valence-electron chi connectivity index (χ4n) is 4.76. The Morgan fingerprint density at radius 2 is 2.00 bits per heavy atom. The Balaban J connectivity index is 1.25. The van der Waals surface area contributed by atoms with Crippen molar-refractivity contribution in [3.8, 4) is 0 Å². The second kappa shape index (κ2) is 9.92. The minimum Gasteiger partial charge on any atom is -0.356 e. The monoisotopic (exact) mass is 407 g/mol. The second-order valence-electron chi connectivity index (χ2n) is 8.49. The Morgan fingerprint density at radius 1 is 1.17 bits per heavy atom. The summed E-state index contributed by atoms with van der Waals surface area (Å²) >= 11 is 0. The number of amides is 1. The smallest absolute Gasteiger partial charge is 0.225 e. The molecule has 6 nitrogen and oxygen atoms in total. The maximum Gasteiger partial charge on any atom is 0.225 e. The maximum absolute atomic E-state index is 12.8. The first-order valence-electron chi connectivity index (χ1n) is 11.3. The van der Waals surface area contributed by atoms with Gasteiger partial charge in [0.05, 0.1) is 5.52 Å². The number of guanidine groups is 1. The lowest BCUT2D eigenvalue weighted by atomic mass is 9.88. The highest BCUT2D eigenvalue weighted by Crippen LogP contribution is 2.26. The summed E-state index contributed by atoms with van der Waals surface area (Å²) in [5, 5.41) is 8.10. The molecule has 2 aliphatic rings. The third-order valence-electron chi connectivity index (χ3n) is 6.42. The van der Waals surface area contributed by atoms with E-state index < -0.39 is 0 Å². The van der Waals surface area contributed by atoms with Gasteiger partial charge < -0.3 is 15.5 Å². The molecule has 1 saturated heterocycles. The molecule has 4 rings (SSSR count). The van der Waals surface area contributed by atoms with Crippen molar-refractivity contribution in [2.45, 2.75) is 51.0 Å². The Bertz CT molecular complexity index is 885. The third-order valence-corrected chi connectivity index (χ3v) is 6.42. The Hall–Kier alpha value is -2.63. The van der Waals surface area contributed by atoms with Gasteiger partial charge in [-0.2, -0.15) is 0 Å². The van der Waals surface area contributed by atoms with Gasteiger partial charge in [0.1, 0.15) is 0 Å². The normalized spacial score (nSPS) is 20.5. The van der Waals surface area contributed by atoms with E-state index in [1.165, 1.54) is 30.2 Å². The van der Waals surface area contributed by atoms with Crippen LogP contribution in [0.1, 0.15) is 44.1 Å². The average molecular weight is 408 g/mol. The molecule has 2 heterocycles. The van der Waals surface area contributed by atoms with E-state index in [4.69, 9.17) is 0 Å². The number of carbonyl (C=O) groups excluding carboxylic acids is 1. The molecule has 0 radical (unpaired) electrons. The summed E-state index contributed by atoms with van der Waals surface area (Å²) in [4.78, 5) is 23.8. The van der Waals surface area contributed by atoms with Crippen LogP contribution in [0.15, 0.2) is 41.5 Å². The molecule has 0 spiro atoms. The zero-order chi connectivity index (χ0) is 20.8. The van der Waals surface area contributed by atoms with Crippen molar-refractivity contribution in [3.05, 3.63) is 42.1 Å². The number of carbonyl (C=O) groups is 1. The van der Waals surface area contributed by atoms with Crippen LogP contribution in [0, 0.1) is 5.92 Å². The standard InChI is InChI=1S/C24H33N5O/c1-25-24(27-15-12-19-10-5-9-18-11-6-14-26-22(18)19)28-21-13-16-29(17-21)23(30)20-7-3-2-4-8-20/h5-6,9-11,14,20-21H,2-4,7-8,12-13,15-17H2,1H3,(H2,25,27,28). The van der Waals surface area contributed by atoms with Gasteiger partial charge in [0.2, 0.25) is 5.91 Å². The minimum absolute atomic E-state index is 0.254. The molecule has 2 fully saturated rings. The van der Waals surface area contributed by atoms with Crippen LogP contribution in [0.3, 0.4) is 0 Å². The first kappa shape index (κ1) is 20.6. The quantitative estimate of drug-likeness (QED) is 0.590. The van der Waals surface area contributed by atoms with E-state index in [1.807, 2.05) is 12.3 Å². The van der Waals surface area contributed by atoms with Crippen molar-refractivity contribution in [1.82, 2.24) is 20.5 Å². The second-order valence-corrected chi connectivity index (χ2v) is 8.49. The zero-order valence-corrected chi connectivity index (χ0v) is 17.9. The summed E-state index contributed by atoms with van der Waals surface area (Å²) in [5.41, 5.74) is 2.30. The lowest BCUT2D eigenvalue weighted by Crippen LogP contribution is -2.46. The molecule has 1 aliphatic heterocycles. The molecule has 6 heteroatoms. The minimum atomic E-state index is 0.254. The van der Waals surface area contributed by atoms with Crippen LogP contribution in [-0.4, -0.2) is 54.5 Å². The summed E-state index contributed by atoms with van der Waals surface area (Å²) in [7, 11) is 1.80. The van der Waals surface area contributed by atoms with E-state index >= 15 is 0 Å². The van der Waals surface area contributed by atoms with Crippen molar-refractivity contribution >= 4 is 22.8 Å². The topological polar surface area (TPSA) is 69.6 Å². The fourth-order valence-corrected chi connectivity index (χ4v) is 4.76. The van der Waals surface area contributed by atoms with Gasteiger partial charge in [-0.05, 0) is 37.3 Å². The molecule has 1 amide bonds. The summed E-state index contributed by atoms with van der Waals surface area (Å²) in [6.07, 6.45) is 9.53. The van der Waals surface area contributed by atoms with Crippen LogP contribution < -0.4 is 10.6 Å². The molecule has 2 aromatic rings. The lowest BCUT2D eigenvalue weighted by Gasteiger charge is -2.26. The molecule has 0 bridgehead atoms. The molecule has 2 N–H and O–H groups in total. The van der Waals surface area contributed by atoms with Crippen molar-refractivity contribution in [2.75, 3.05) is 26.7 Å². The average Bonchev–Trinajstić information content (AvgIpc) is 3.27. The summed E-state index contributed by atoms with van der Waals surface area (Å²) in [6.45, 7) is 2.42. The number of benzene rings is 1. The Kier molecular flexibility index (Phi) is 6.82. The van der Waals surface area contributed by atoms with Gasteiger partial charge in [-0.15, -0.1) is 0 Å². The van der Waals surface area contributed by atoms with E-state index in [0.29, 0.717) is 5.91 Å². The van der Waals surface area contributed by atoms with Crippen LogP contribution in [0.4, 0.5) is 0 Å². The van der Waals surface area contributed by atoms with E-state index in [1.54, 1.807) is 7.05 Å². The largest absolute Gasteiger partial charge is 0.356 e. The highest BCUT2D eigenvalue weighted by Gasteiger charge is 2.31. The SMILES string of the molecule is CN=C(NCCc1cccc2cccnc12)NC1CCN(C(=O)C2CCCCC2)C1. The van der Waals surface area contributed by atoms with Gasteiger partial charge in [-0.1, -0.05) is 43.5 Å². The first-order valence-corrected chi connectivity index (χ1v) is 11.3. The molecule has 1 aliphatic carbocycles. The van der Waals surface area contributed by atoms with Crippen molar-refractivity contribution in [2.24, 2.45) is 10.9 Å². The molecule has 160 valence electrons. The molecular weight excluding hydrogens is 374 g/mol. The van der Waals surface area contributed by atoms with Crippen molar-refractivity contribution in [3.63, 3.8) is 0 Å². The molecule has 1 saturated carbocycles. The Morgan fingerprint density at radius 3 is 2.83 bits per heavy atom. The highest BCUT2D eigenvalue weighted by atomic mass is 16.2. The number of likely N-dealkylation sites (tertiary alicyclic amines) is 1. The lowest BCUT2D eigenvalue weighted by molar-refractivity contribution is -0.135. The van der Waals surface area contributed by atoms with Crippen LogP contribution in [0.25, 0.3) is 10.9 Å². The maximum atomic E-state index is 12.8. The number of pyridine rings is 1. The van der Waals surface area contributed by atoms with Gasteiger partial charge in [-0.3, -0.25) is 14.8 Å². The van der Waals surface area contributed by atoms with Crippen LogP contribution >= 0.6 is 0 Å².